The lowest BCUT2D eigenvalue weighted by Gasteiger charge is -2.44. The number of aromatic nitrogens is 1. The van der Waals surface area contributed by atoms with Crippen LogP contribution < -0.4 is 9.80 Å². The van der Waals surface area contributed by atoms with Crippen LogP contribution >= 0.6 is 12.6 Å². The fraction of sp³-hybridized carbons (Fsp3) is 0.292. The zero-order chi connectivity index (χ0) is 21.8. The van der Waals surface area contributed by atoms with Gasteiger partial charge in [0, 0.05) is 11.3 Å². The number of nitrogens with zero attached hydrogens (tertiary/aromatic N) is 4. The second-order valence-corrected chi connectivity index (χ2v) is 8.67. The minimum atomic E-state index is -0.586. The molecule has 156 valence electrons. The maximum atomic E-state index is 13.6. The smallest absolute Gasteiger partial charge is 0.255 e. The maximum Gasteiger partial charge on any atom is 0.255 e. The topological polar surface area (TPSA) is 73.4 Å². The van der Waals surface area contributed by atoms with Crippen LogP contribution in [0.5, 0.6) is 0 Å². The van der Waals surface area contributed by atoms with Crippen molar-refractivity contribution in [1.82, 2.24) is 4.98 Å². The summed E-state index contributed by atoms with van der Waals surface area (Å²) in [5.74, 6) is 1.73. The monoisotopic (exact) mass is 430 g/mol. The van der Waals surface area contributed by atoms with Crippen LogP contribution in [-0.2, 0) is 4.79 Å². The lowest BCUT2D eigenvalue weighted by molar-refractivity contribution is -0.124. The van der Waals surface area contributed by atoms with Gasteiger partial charge in [-0.15, -0.1) is 12.6 Å². The van der Waals surface area contributed by atoms with Gasteiger partial charge >= 0.3 is 0 Å². The Labute approximate surface area is 186 Å². The molecule has 0 N–H and O–H groups in total. The van der Waals surface area contributed by atoms with Crippen molar-refractivity contribution in [3.8, 4) is 17.4 Å². The van der Waals surface area contributed by atoms with E-state index in [1.165, 1.54) is 0 Å². The zero-order valence-corrected chi connectivity index (χ0v) is 18.3. The highest BCUT2D eigenvalue weighted by Gasteiger charge is 2.60. The number of pyridine rings is 1. The van der Waals surface area contributed by atoms with Gasteiger partial charge in [-0.3, -0.25) is 9.69 Å². The van der Waals surface area contributed by atoms with Crippen molar-refractivity contribution in [3.63, 3.8) is 0 Å². The molecule has 1 atom stereocenters. The Bertz CT molecular complexity index is 1210. The van der Waals surface area contributed by atoms with Gasteiger partial charge in [-0.1, -0.05) is 0 Å². The van der Waals surface area contributed by atoms with Crippen molar-refractivity contribution in [3.05, 3.63) is 65.7 Å². The van der Waals surface area contributed by atoms with Gasteiger partial charge in [0.05, 0.1) is 11.9 Å². The lowest BCUT2D eigenvalue weighted by Crippen LogP contribution is -2.55. The van der Waals surface area contributed by atoms with E-state index >= 15 is 0 Å². The summed E-state index contributed by atoms with van der Waals surface area (Å²) in [7, 11) is 0. The Morgan fingerprint density at radius 2 is 1.90 bits per heavy atom. The molecule has 1 aromatic carbocycles. The Kier molecular flexibility index (Phi) is 4.56. The summed E-state index contributed by atoms with van der Waals surface area (Å²) >= 11 is 4.87. The molecule has 2 aliphatic rings. The van der Waals surface area contributed by atoms with Gasteiger partial charge in [-0.25, -0.2) is 4.98 Å². The predicted molar refractivity (Wildman–Crippen MR) is 122 cm³/mol. The molecule has 0 bridgehead atoms. The molecule has 1 amide bonds. The van der Waals surface area contributed by atoms with Crippen LogP contribution in [-0.4, -0.2) is 21.9 Å². The molecule has 2 aromatic heterocycles. The Hall–Kier alpha value is -3.24. The number of carbonyl (C=O) groups is 1. The number of hydrogen-bond donors (Lipinski definition) is 1. The minimum Gasteiger partial charge on any atom is -0.461 e. The fourth-order valence-electron chi connectivity index (χ4n) is 4.55. The lowest BCUT2D eigenvalue weighted by atomic mass is 9.75. The van der Waals surface area contributed by atoms with Crippen molar-refractivity contribution in [2.45, 2.75) is 44.1 Å². The van der Waals surface area contributed by atoms with E-state index in [1.807, 2.05) is 56.3 Å². The van der Waals surface area contributed by atoms with E-state index in [-0.39, 0.29) is 5.91 Å². The predicted octanol–water partition coefficient (Wildman–Crippen LogP) is 4.82. The highest BCUT2D eigenvalue weighted by molar-refractivity contribution is 7.81. The van der Waals surface area contributed by atoms with Crippen molar-refractivity contribution in [1.29, 1.82) is 5.26 Å². The van der Waals surface area contributed by atoms with Crippen LogP contribution in [0.3, 0.4) is 0 Å². The SMILES string of the molecule is Cc1ccc(-c2ccc(N3C(S)N(c4cnc(C#N)c(C)c4)C(=O)C34CCC4)cc2)o1. The van der Waals surface area contributed by atoms with Crippen molar-refractivity contribution in [2.24, 2.45) is 0 Å². The fourth-order valence-corrected chi connectivity index (χ4v) is 5.14. The molecule has 6 nitrogen and oxygen atoms in total. The summed E-state index contributed by atoms with van der Waals surface area (Å²) in [4.78, 5) is 21.6. The largest absolute Gasteiger partial charge is 0.461 e. The molecule has 1 saturated heterocycles. The van der Waals surface area contributed by atoms with E-state index in [1.54, 1.807) is 11.1 Å². The third-order valence-electron chi connectivity index (χ3n) is 6.34. The molecule has 1 aliphatic heterocycles. The summed E-state index contributed by atoms with van der Waals surface area (Å²) in [5.41, 5.74) is 2.66. The molecule has 1 unspecified atom stereocenters. The van der Waals surface area contributed by atoms with Crippen LogP contribution in [0.1, 0.15) is 36.3 Å². The Morgan fingerprint density at radius 3 is 2.45 bits per heavy atom. The number of nitriles is 1. The number of carbonyl (C=O) groups excluding carboxylic acids is 1. The van der Waals surface area contributed by atoms with E-state index in [9.17, 15) is 10.1 Å². The van der Waals surface area contributed by atoms with Crippen molar-refractivity contribution >= 4 is 29.9 Å². The molecule has 3 heterocycles. The summed E-state index contributed by atoms with van der Waals surface area (Å²) in [6.45, 7) is 3.75. The standard InChI is InChI=1S/C24H22N4O2S/c1-15-12-19(14-26-20(15)13-25)27-22(29)24(10-3-11-24)28(23(27)31)18-7-5-17(6-8-18)21-9-4-16(2)30-21/h4-9,12,14,23,31H,3,10-11H2,1-2H3. The van der Waals surface area contributed by atoms with Gasteiger partial charge in [-0.05, 0) is 81.1 Å². The average Bonchev–Trinajstić information content (AvgIpc) is 3.26. The van der Waals surface area contributed by atoms with Crippen LogP contribution in [0.15, 0.2) is 53.1 Å². The Morgan fingerprint density at radius 1 is 1.16 bits per heavy atom. The molecular weight excluding hydrogens is 408 g/mol. The second-order valence-electron chi connectivity index (χ2n) is 8.20. The molecule has 3 aromatic rings. The summed E-state index contributed by atoms with van der Waals surface area (Å²) in [6.07, 6.45) is 4.18. The molecular formula is C24H22N4O2S. The first kappa shape index (κ1) is 19.7. The van der Waals surface area contributed by atoms with E-state index in [0.29, 0.717) is 11.4 Å². The van der Waals surface area contributed by atoms with E-state index < -0.39 is 11.0 Å². The number of thiol groups is 1. The van der Waals surface area contributed by atoms with Crippen molar-refractivity contribution < 1.29 is 9.21 Å². The van der Waals surface area contributed by atoms with E-state index in [2.05, 4.69) is 16.0 Å². The summed E-state index contributed by atoms with van der Waals surface area (Å²) < 4.78 is 5.73. The zero-order valence-electron chi connectivity index (χ0n) is 17.4. The minimum absolute atomic E-state index is 0.0374. The first-order chi connectivity index (χ1) is 14.9. The maximum absolute atomic E-state index is 13.6. The number of amides is 1. The van der Waals surface area contributed by atoms with Gasteiger partial charge in [0.25, 0.3) is 5.91 Å². The average molecular weight is 431 g/mol. The molecule has 2 fully saturated rings. The van der Waals surface area contributed by atoms with Crippen LogP contribution in [0.4, 0.5) is 11.4 Å². The highest BCUT2D eigenvalue weighted by atomic mass is 32.1. The quantitative estimate of drug-likeness (QED) is 0.603. The van der Waals surface area contributed by atoms with Crippen LogP contribution in [0.2, 0.25) is 0 Å². The van der Waals surface area contributed by atoms with Crippen LogP contribution in [0, 0.1) is 25.2 Å². The molecule has 31 heavy (non-hydrogen) atoms. The second kappa shape index (κ2) is 7.17. The summed E-state index contributed by atoms with van der Waals surface area (Å²) in [5, 5.41) is 9.18. The normalized spacial score (nSPS) is 19.5. The molecule has 5 rings (SSSR count). The molecule has 7 heteroatoms. The molecule has 1 spiro atoms. The van der Waals surface area contributed by atoms with E-state index in [0.717, 1.165) is 47.6 Å². The molecule has 0 radical (unpaired) electrons. The highest BCUT2D eigenvalue weighted by Crippen LogP contribution is 2.50. The number of anilines is 2. The number of rotatable bonds is 3. The third kappa shape index (κ3) is 2.94. The van der Waals surface area contributed by atoms with Gasteiger partial charge in [0.15, 0.2) is 5.50 Å². The van der Waals surface area contributed by atoms with Crippen molar-refractivity contribution in [2.75, 3.05) is 9.80 Å². The molecule has 1 saturated carbocycles. The van der Waals surface area contributed by atoms with E-state index in [4.69, 9.17) is 17.0 Å². The first-order valence-corrected chi connectivity index (χ1v) is 10.8. The third-order valence-corrected chi connectivity index (χ3v) is 6.80. The first-order valence-electron chi connectivity index (χ1n) is 10.3. The Balaban J connectivity index is 1.52. The number of aryl methyl sites for hydroxylation is 2. The van der Waals surface area contributed by atoms with Crippen LogP contribution in [0.25, 0.3) is 11.3 Å². The van der Waals surface area contributed by atoms with Gasteiger partial charge in [0.2, 0.25) is 0 Å². The molecule has 1 aliphatic carbocycles. The number of hydrogen-bond acceptors (Lipinski definition) is 6. The number of benzene rings is 1. The van der Waals surface area contributed by atoms with Gasteiger partial charge in [0.1, 0.15) is 28.8 Å². The van der Waals surface area contributed by atoms with Gasteiger partial charge in [-0.2, -0.15) is 5.26 Å². The van der Waals surface area contributed by atoms with Gasteiger partial charge < -0.3 is 9.32 Å². The number of furan rings is 1. The summed E-state index contributed by atoms with van der Waals surface area (Å²) in [6, 6.07) is 15.9.